The Morgan fingerprint density at radius 1 is 0.922 bits per heavy atom. The fraction of sp³-hybridized carbons (Fsp3) is 0.412. The van der Waals surface area contributed by atoms with Crippen LogP contribution in [0.1, 0.15) is 89.6 Å². The zero-order valence-corrected chi connectivity index (χ0v) is 39.5. The van der Waals surface area contributed by atoms with Gasteiger partial charge in [-0.15, -0.1) is 0 Å². The summed E-state index contributed by atoms with van der Waals surface area (Å²) < 4.78 is 12.3. The molecule has 0 saturated carbocycles. The van der Waals surface area contributed by atoms with E-state index in [1.165, 1.54) is 0 Å². The molecule has 6 rings (SSSR count). The first-order chi connectivity index (χ1) is 30.7. The monoisotopic (exact) mass is 908 g/mol. The van der Waals surface area contributed by atoms with Gasteiger partial charge in [0.15, 0.2) is 0 Å². The number of alkyl halides is 2. The molecule has 0 bridgehead atoms. The number of nitrogens with one attached hydrogen (secondary N) is 3. The molecule has 4 aromatic rings. The van der Waals surface area contributed by atoms with E-state index in [0.717, 1.165) is 44.7 Å². The van der Waals surface area contributed by atoms with E-state index < -0.39 is 40.1 Å². The molecule has 1 aromatic heterocycles. The standard InChI is InChI=1S/C51H62Cl2N6O5/c1-8-19-36(10-3)51(35(6)9-2,37-20-12-11-13-21-37)58-29-38(54-33-58)28-39(30-59-27-18-26-45(57-59)48(61)64-32-50(7,52)53)55-47(60)46(34(4)5)56-49(62)63-31-44-42-24-16-14-22-40(42)41-23-15-17-25-43(41)44/h8-17,19-25,29,33-34,39,44-46,57H,18,26-28,30-32H2,1-7H3,(H,55,60)(H,56,62). The van der Waals surface area contributed by atoms with Gasteiger partial charge in [0.25, 0.3) is 0 Å². The van der Waals surface area contributed by atoms with Crippen LogP contribution in [0.25, 0.3) is 11.1 Å². The number of carbonyl (C=O) groups excluding carboxylic acids is 3. The minimum absolute atomic E-state index is 0.122. The lowest BCUT2D eigenvalue weighted by molar-refractivity contribution is -0.149. The number of allylic oxidation sites excluding steroid dienone is 6. The number of amides is 2. The third-order valence-corrected chi connectivity index (χ3v) is 12.3. The Morgan fingerprint density at radius 2 is 1.58 bits per heavy atom. The number of ether oxygens (including phenoxy) is 2. The van der Waals surface area contributed by atoms with E-state index in [1.807, 2.05) is 101 Å². The number of hydrogen-bond acceptors (Lipinski definition) is 8. The summed E-state index contributed by atoms with van der Waals surface area (Å²) in [4.78, 5) is 46.0. The van der Waals surface area contributed by atoms with Gasteiger partial charge in [0.05, 0.1) is 12.0 Å². The van der Waals surface area contributed by atoms with Crippen LogP contribution in [0.2, 0.25) is 0 Å². The van der Waals surface area contributed by atoms with Gasteiger partial charge in [-0.2, -0.15) is 0 Å². The lowest BCUT2D eigenvalue weighted by Gasteiger charge is -2.38. The zero-order chi connectivity index (χ0) is 46.0. The van der Waals surface area contributed by atoms with E-state index in [2.05, 4.69) is 82.2 Å². The van der Waals surface area contributed by atoms with Crippen molar-refractivity contribution in [1.29, 1.82) is 0 Å². The van der Waals surface area contributed by atoms with Crippen LogP contribution in [0, 0.1) is 5.92 Å². The molecule has 13 heteroatoms. The lowest BCUT2D eigenvalue weighted by Crippen LogP contribution is -2.59. The number of alkyl carbamates (subject to hydrolysis) is 1. The van der Waals surface area contributed by atoms with Crippen LogP contribution < -0.4 is 16.1 Å². The minimum atomic E-state index is -1.21. The molecule has 2 amide bonds. The molecule has 0 radical (unpaired) electrons. The summed E-state index contributed by atoms with van der Waals surface area (Å²) in [7, 11) is 0. The number of esters is 1. The summed E-state index contributed by atoms with van der Waals surface area (Å²) in [6.07, 6.45) is 13.2. The highest BCUT2D eigenvalue weighted by molar-refractivity contribution is 6.48. The Labute approximate surface area is 388 Å². The van der Waals surface area contributed by atoms with Gasteiger partial charge in [0.1, 0.15) is 35.2 Å². The minimum Gasteiger partial charge on any atom is -0.461 e. The van der Waals surface area contributed by atoms with Crippen LogP contribution in [0.3, 0.4) is 0 Å². The number of benzene rings is 3. The number of nitrogens with zero attached hydrogens (tertiary/aromatic N) is 3. The molecule has 1 saturated heterocycles. The molecule has 2 aliphatic rings. The number of hydrazine groups is 1. The molecule has 3 N–H and O–H groups in total. The van der Waals surface area contributed by atoms with Gasteiger partial charge in [0.2, 0.25) is 5.91 Å². The number of rotatable bonds is 18. The van der Waals surface area contributed by atoms with Gasteiger partial charge in [-0.1, -0.05) is 140 Å². The number of aromatic nitrogens is 2. The maximum absolute atomic E-state index is 14.4. The van der Waals surface area contributed by atoms with Crippen molar-refractivity contribution < 1.29 is 23.9 Å². The maximum atomic E-state index is 14.4. The predicted molar refractivity (Wildman–Crippen MR) is 255 cm³/mol. The Morgan fingerprint density at radius 3 is 2.19 bits per heavy atom. The molecule has 0 spiro atoms. The molecular formula is C51H62Cl2N6O5. The van der Waals surface area contributed by atoms with Gasteiger partial charge >= 0.3 is 12.1 Å². The molecule has 11 nitrogen and oxygen atoms in total. The SMILES string of the molecule is CC=CC(=CC)C(C(C)=CC)(c1ccccc1)n1cnc(CC(CN2CCCC(C(=O)OCC(C)(Cl)Cl)N2)NC(=O)C(NC(=O)OCC2c3ccccc3-c3ccccc32)C(C)C)c1. The number of fused-ring (bicyclic) bond motifs is 3. The number of halogens is 2. The van der Waals surface area contributed by atoms with Crippen LogP contribution in [-0.4, -0.2) is 81.3 Å². The Balaban J connectivity index is 1.25. The molecule has 340 valence electrons. The van der Waals surface area contributed by atoms with Crippen molar-refractivity contribution in [3.05, 3.63) is 149 Å². The van der Waals surface area contributed by atoms with Crippen molar-refractivity contribution in [2.45, 2.75) is 102 Å². The summed E-state index contributed by atoms with van der Waals surface area (Å²) in [5.74, 6) is -1.22. The smallest absolute Gasteiger partial charge is 0.407 e. The first-order valence-electron chi connectivity index (χ1n) is 22.2. The van der Waals surface area contributed by atoms with Crippen molar-refractivity contribution in [3.63, 3.8) is 0 Å². The topological polar surface area (TPSA) is 127 Å². The summed E-state index contributed by atoms with van der Waals surface area (Å²) in [5.41, 5.74) is 11.1. The van der Waals surface area contributed by atoms with Crippen molar-refractivity contribution >= 4 is 41.2 Å². The highest BCUT2D eigenvalue weighted by Crippen LogP contribution is 2.45. The van der Waals surface area contributed by atoms with Crippen LogP contribution >= 0.6 is 23.2 Å². The van der Waals surface area contributed by atoms with E-state index >= 15 is 0 Å². The Kier molecular flexibility index (Phi) is 16.3. The van der Waals surface area contributed by atoms with E-state index in [-0.39, 0.29) is 31.0 Å². The second kappa shape index (κ2) is 21.7. The van der Waals surface area contributed by atoms with Gasteiger partial charge < -0.3 is 24.7 Å². The normalized spacial score (nSPS) is 17.9. The van der Waals surface area contributed by atoms with Crippen LogP contribution in [-0.2, 0) is 31.0 Å². The maximum Gasteiger partial charge on any atom is 0.407 e. The largest absolute Gasteiger partial charge is 0.461 e. The number of imidazole rings is 1. The molecule has 2 heterocycles. The van der Waals surface area contributed by atoms with Crippen LogP contribution in [0.4, 0.5) is 4.79 Å². The van der Waals surface area contributed by atoms with Gasteiger partial charge in [-0.3, -0.25) is 9.59 Å². The first kappa shape index (κ1) is 48.3. The Bertz CT molecular complexity index is 2290. The van der Waals surface area contributed by atoms with Crippen molar-refractivity contribution in [1.82, 2.24) is 30.6 Å². The van der Waals surface area contributed by atoms with E-state index in [9.17, 15) is 14.4 Å². The third kappa shape index (κ3) is 11.2. The zero-order valence-electron chi connectivity index (χ0n) is 37.9. The summed E-state index contributed by atoms with van der Waals surface area (Å²) in [6, 6.07) is 24.6. The average Bonchev–Trinajstić information content (AvgIpc) is 3.88. The van der Waals surface area contributed by atoms with E-state index in [0.29, 0.717) is 32.4 Å². The summed E-state index contributed by atoms with van der Waals surface area (Å²) in [6.45, 7) is 14.5. The number of hydrogen-bond donors (Lipinski definition) is 3. The van der Waals surface area contributed by atoms with E-state index in [4.69, 9.17) is 37.7 Å². The molecule has 1 fully saturated rings. The van der Waals surface area contributed by atoms with Crippen molar-refractivity contribution in [3.8, 4) is 11.1 Å². The lowest BCUT2D eigenvalue weighted by atomic mass is 9.76. The fourth-order valence-corrected chi connectivity index (χ4v) is 9.10. The fourth-order valence-electron chi connectivity index (χ4n) is 8.99. The molecule has 1 aliphatic carbocycles. The number of carbonyl (C=O) groups is 3. The Hall–Kier alpha value is -5.20. The molecule has 1 aliphatic heterocycles. The van der Waals surface area contributed by atoms with Crippen molar-refractivity contribution in [2.24, 2.45) is 5.92 Å². The van der Waals surface area contributed by atoms with Gasteiger partial charge in [0, 0.05) is 37.7 Å². The molecule has 3 aromatic carbocycles. The van der Waals surface area contributed by atoms with Crippen molar-refractivity contribution in [2.75, 3.05) is 26.3 Å². The second-order valence-electron chi connectivity index (χ2n) is 17.1. The first-order valence-corrected chi connectivity index (χ1v) is 22.9. The van der Waals surface area contributed by atoms with Gasteiger partial charge in [-0.25, -0.2) is 20.2 Å². The highest BCUT2D eigenvalue weighted by Gasteiger charge is 2.39. The van der Waals surface area contributed by atoms with Crippen LogP contribution in [0.5, 0.6) is 0 Å². The van der Waals surface area contributed by atoms with Crippen LogP contribution in [0.15, 0.2) is 127 Å². The molecule has 4 unspecified atom stereocenters. The highest BCUT2D eigenvalue weighted by atomic mass is 35.5. The predicted octanol–water partition coefficient (Wildman–Crippen LogP) is 9.41. The summed E-state index contributed by atoms with van der Waals surface area (Å²) >= 11 is 12.2. The molecule has 64 heavy (non-hydrogen) atoms. The van der Waals surface area contributed by atoms with Gasteiger partial charge in [-0.05, 0) is 92.3 Å². The third-order valence-electron chi connectivity index (χ3n) is 12.1. The molecule has 4 atom stereocenters. The molecular weight excluding hydrogens is 848 g/mol. The average molecular weight is 910 g/mol. The summed E-state index contributed by atoms with van der Waals surface area (Å²) in [5, 5.41) is 8.07. The second-order valence-corrected chi connectivity index (χ2v) is 19.0. The van der Waals surface area contributed by atoms with E-state index in [1.54, 1.807) is 6.92 Å². The quantitative estimate of drug-likeness (QED) is 0.0391.